The molecule has 4 rings (SSSR count). The maximum absolute atomic E-state index is 12.2. The SMILES string of the molecule is CC(=O)[C@H]1CC[C@@]2(O)[C@@H]3CC[C@@H]4CC(=O)CC[C@]4(C)[C@H]3CC[C@]12C. The summed E-state index contributed by atoms with van der Waals surface area (Å²) in [6.07, 6.45) is 8.31. The Labute approximate surface area is 145 Å². The predicted molar refractivity (Wildman–Crippen MR) is 92.4 cm³/mol. The molecular formula is C21H32O3. The van der Waals surface area contributed by atoms with Gasteiger partial charge in [0.2, 0.25) is 0 Å². The standard InChI is InChI=1S/C21H32O3/c1-13(22)16-8-11-21(24)18-5-4-14-12-15(23)6-9-19(14,2)17(18)7-10-20(16,21)3/h14,16-18,24H,4-12H2,1-3H3/t14-,16-,17+,18-,19+,20-,21-/m1/s1. The van der Waals surface area contributed by atoms with Crippen LogP contribution < -0.4 is 0 Å². The van der Waals surface area contributed by atoms with Crippen LogP contribution >= 0.6 is 0 Å². The van der Waals surface area contributed by atoms with E-state index in [0.29, 0.717) is 23.5 Å². The van der Waals surface area contributed by atoms with Crippen molar-refractivity contribution in [3.8, 4) is 0 Å². The molecule has 3 nitrogen and oxygen atoms in total. The number of carbonyl (C=O) groups is 2. The van der Waals surface area contributed by atoms with Crippen molar-refractivity contribution in [2.45, 2.75) is 84.2 Å². The Morgan fingerprint density at radius 3 is 2.50 bits per heavy atom. The fraction of sp³-hybridized carbons (Fsp3) is 0.905. The first kappa shape index (κ1) is 16.8. The van der Waals surface area contributed by atoms with Crippen LogP contribution in [-0.4, -0.2) is 22.3 Å². The van der Waals surface area contributed by atoms with Crippen molar-refractivity contribution in [1.29, 1.82) is 0 Å². The molecule has 0 unspecified atom stereocenters. The lowest BCUT2D eigenvalue weighted by molar-refractivity contribution is -0.205. The van der Waals surface area contributed by atoms with Crippen molar-refractivity contribution in [3.63, 3.8) is 0 Å². The predicted octanol–water partition coefficient (Wildman–Crippen LogP) is 3.92. The van der Waals surface area contributed by atoms with Gasteiger partial charge in [0.15, 0.2) is 0 Å². The van der Waals surface area contributed by atoms with Crippen molar-refractivity contribution >= 4 is 11.6 Å². The molecule has 0 aromatic rings. The molecular weight excluding hydrogens is 300 g/mol. The van der Waals surface area contributed by atoms with Crippen molar-refractivity contribution in [1.82, 2.24) is 0 Å². The van der Waals surface area contributed by atoms with E-state index >= 15 is 0 Å². The lowest BCUT2D eigenvalue weighted by Gasteiger charge is -2.63. The van der Waals surface area contributed by atoms with Crippen molar-refractivity contribution in [2.75, 3.05) is 0 Å². The molecule has 0 heterocycles. The Morgan fingerprint density at radius 1 is 1.04 bits per heavy atom. The molecule has 0 saturated heterocycles. The van der Waals surface area contributed by atoms with Crippen LogP contribution in [0.4, 0.5) is 0 Å². The lowest BCUT2D eigenvalue weighted by atomic mass is 9.43. The normalized spacial score (nSPS) is 53.9. The van der Waals surface area contributed by atoms with E-state index in [-0.39, 0.29) is 22.5 Å². The van der Waals surface area contributed by atoms with E-state index in [4.69, 9.17) is 0 Å². The smallest absolute Gasteiger partial charge is 0.133 e. The lowest BCUT2D eigenvalue weighted by Crippen LogP contribution is -2.62. The first-order valence-electron chi connectivity index (χ1n) is 9.97. The van der Waals surface area contributed by atoms with Gasteiger partial charge in [-0.3, -0.25) is 9.59 Å². The molecule has 1 N–H and O–H groups in total. The molecule has 3 heteroatoms. The molecule has 0 radical (unpaired) electrons. The number of ketones is 2. The maximum Gasteiger partial charge on any atom is 0.133 e. The van der Waals surface area contributed by atoms with Crippen molar-refractivity contribution in [2.24, 2.45) is 34.5 Å². The Bertz CT molecular complexity index is 584. The quantitative estimate of drug-likeness (QED) is 0.792. The van der Waals surface area contributed by atoms with Crippen molar-refractivity contribution in [3.05, 3.63) is 0 Å². The number of Topliss-reactive ketones (excluding diaryl/α,β-unsaturated/α-hetero) is 2. The monoisotopic (exact) mass is 332 g/mol. The third-order valence-corrected chi connectivity index (χ3v) is 9.16. The van der Waals surface area contributed by atoms with E-state index in [1.54, 1.807) is 6.92 Å². The van der Waals surface area contributed by atoms with Gasteiger partial charge in [-0.05, 0) is 75.0 Å². The summed E-state index contributed by atoms with van der Waals surface area (Å²) in [5.74, 6) is 2.07. The minimum absolute atomic E-state index is 0.0295. The highest BCUT2D eigenvalue weighted by atomic mass is 16.3. The van der Waals surface area contributed by atoms with Crippen LogP contribution in [0.15, 0.2) is 0 Å². The minimum atomic E-state index is -0.679. The van der Waals surface area contributed by atoms with Gasteiger partial charge in [-0.1, -0.05) is 13.8 Å². The van der Waals surface area contributed by atoms with Crippen LogP contribution in [0.1, 0.15) is 78.6 Å². The highest BCUT2D eigenvalue weighted by Crippen LogP contribution is 2.68. The number of fused-ring (bicyclic) bond motifs is 5. The van der Waals surface area contributed by atoms with Gasteiger partial charge in [0.25, 0.3) is 0 Å². The number of hydrogen-bond donors (Lipinski definition) is 1. The maximum atomic E-state index is 12.2. The van der Waals surface area contributed by atoms with Crippen LogP contribution in [0.3, 0.4) is 0 Å². The summed E-state index contributed by atoms with van der Waals surface area (Å²) in [6, 6.07) is 0. The highest BCUT2D eigenvalue weighted by Gasteiger charge is 2.67. The molecule has 24 heavy (non-hydrogen) atoms. The second-order valence-electron chi connectivity index (χ2n) is 9.82. The van der Waals surface area contributed by atoms with Crippen LogP contribution in [0.2, 0.25) is 0 Å². The first-order chi connectivity index (χ1) is 11.2. The van der Waals surface area contributed by atoms with E-state index in [2.05, 4.69) is 13.8 Å². The topological polar surface area (TPSA) is 54.4 Å². The van der Waals surface area contributed by atoms with Crippen LogP contribution in [-0.2, 0) is 9.59 Å². The van der Waals surface area contributed by atoms with E-state index < -0.39 is 5.60 Å². The summed E-state index contributed by atoms with van der Waals surface area (Å²) < 4.78 is 0. The zero-order valence-electron chi connectivity index (χ0n) is 15.4. The van der Waals surface area contributed by atoms with Crippen LogP contribution in [0.5, 0.6) is 0 Å². The Morgan fingerprint density at radius 2 is 1.79 bits per heavy atom. The van der Waals surface area contributed by atoms with Gasteiger partial charge >= 0.3 is 0 Å². The molecule has 4 aliphatic carbocycles. The molecule has 4 fully saturated rings. The van der Waals surface area contributed by atoms with Gasteiger partial charge in [0, 0.05) is 24.2 Å². The number of carbonyl (C=O) groups excluding carboxylic acids is 2. The Hall–Kier alpha value is -0.700. The second kappa shape index (κ2) is 5.16. The van der Waals surface area contributed by atoms with Crippen LogP contribution in [0, 0.1) is 34.5 Å². The average molecular weight is 332 g/mol. The molecule has 4 aliphatic rings. The van der Waals surface area contributed by atoms with E-state index in [1.165, 1.54) is 0 Å². The molecule has 0 amide bonds. The molecule has 0 aromatic carbocycles. The van der Waals surface area contributed by atoms with Crippen LogP contribution in [0.25, 0.3) is 0 Å². The number of hydrogen-bond acceptors (Lipinski definition) is 3. The molecule has 134 valence electrons. The number of aliphatic hydroxyl groups is 1. The molecule has 4 saturated carbocycles. The summed E-state index contributed by atoms with van der Waals surface area (Å²) in [5, 5.41) is 11.8. The molecule has 0 aromatic heterocycles. The average Bonchev–Trinajstić information content (AvgIpc) is 2.80. The second-order valence-corrected chi connectivity index (χ2v) is 9.82. The van der Waals surface area contributed by atoms with Gasteiger partial charge in [0.1, 0.15) is 11.6 Å². The summed E-state index contributed by atoms with van der Waals surface area (Å²) >= 11 is 0. The summed E-state index contributed by atoms with van der Waals surface area (Å²) in [6.45, 7) is 6.28. The highest BCUT2D eigenvalue weighted by molar-refractivity contribution is 5.80. The summed E-state index contributed by atoms with van der Waals surface area (Å²) in [4.78, 5) is 24.1. The fourth-order valence-corrected chi connectivity index (χ4v) is 7.66. The summed E-state index contributed by atoms with van der Waals surface area (Å²) in [5.41, 5.74) is -0.711. The Kier molecular flexibility index (Phi) is 3.60. The van der Waals surface area contributed by atoms with Gasteiger partial charge in [0.05, 0.1) is 5.60 Å². The number of rotatable bonds is 1. The van der Waals surface area contributed by atoms with E-state index in [9.17, 15) is 14.7 Å². The van der Waals surface area contributed by atoms with E-state index in [0.717, 1.165) is 57.8 Å². The third-order valence-electron chi connectivity index (χ3n) is 9.16. The van der Waals surface area contributed by atoms with Crippen molar-refractivity contribution < 1.29 is 14.7 Å². The molecule has 7 atom stereocenters. The van der Waals surface area contributed by atoms with Gasteiger partial charge in [-0.25, -0.2) is 0 Å². The Balaban J connectivity index is 1.69. The van der Waals surface area contributed by atoms with E-state index in [1.807, 2.05) is 0 Å². The zero-order chi connectivity index (χ0) is 17.3. The molecule has 0 spiro atoms. The van der Waals surface area contributed by atoms with Gasteiger partial charge in [-0.2, -0.15) is 0 Å². The van der Waals surface area contributed by atoms with Gasteiger partial charge in [-0.15, -0.1) is 0 Å². The minimum Gasteiger partial charge on any atom is -0.389 e. The largest absolute Gasteiger partial charge is 0.389 e. The molecule has 0 bridgehead atoms. The first-order valence-corrected chi connectivity index (χ1v) is 9.97. The fourth-order valence-electron chi connectivity index (χ4n) is 7.66. The molecule has 0 aliphatic heterocycles. The van der Waals surface area contributed by atoms with Gasteiger partial charge < -0.3 is 5.11 Å². The third kappa shape index (κ3) is 1.94. The zero-order valence-corrected chi connectivity index (χ0v) is 15.4. The summed E-state index contributed by atoms with van der Waals surface area (Å²) in [7, 11) is 0.